The van der Waals surface area contributed by atoms with Crippen molar-refractivity contribution in [3.63, 3.8) is 0 Å². The smallest absolute Gasteiger partial charge is 0.122 e. The molecule has 0 bridgehead atoms. The first-order valence-electron chi connectivity index (χ1n) is 4.16. The Labute approximate surface area is 90.6 Å². The van der Waals surface area contributed by atoms with Crippen LogP contribution in [0.15, 0.2) is 18.2 Å². The maximum atomic E-state index is 5.75. The molecule has 80 valence electrons. The number of hydrogen-bond donors (Lipinski definition) is 1. The standard InChI is InChI=1S/C10H15NO2.ClH/c1-7(11)8-4-9(12-2)6-10(5-8)13-3;/h4-7H,11H2,1-3H3;1H/t7-;/m0./s1. The highest BCUT2D eigenvalue weighted by Gasteiger charge is 2.04. The van der Waals surface area contributed by atoms with E-state index < -0.39 is 0 Å². The van der Waals surface area contributed by atoms with E-state index in [4.69, 9.17) is 15.2 Å². The second-order valence-corrected chi connectivity index (χ2v) is 2.93. The first-order valence-corrected chi connectivity index (χ1v) is 4.16. The van der Waals surface area contributed by atoms with Crippen LogP contribution in [-0.2, 0) is 0 Å². The zero-order chi connectivity index (χ0) is 9.84. The number of halogens is 1. The van der Waals surface area contributed by atoms with E-state index in [9.17, 15) is 0 Å². The van der Waals surface area contributed by atoms with Gasteiger partial charge in [0.1, 0.15) is 11.5 Å². The first-order chi connectivity index (χ1) is 6.17. The monoisotopic (exact) mass is 217 g/mol. The van der Waals surface area contributed by atoms with Gasteiger partial charge in [-0.1, -0.05) is 0 Å². The minimum atomic E-state index is -0.0102. The van der Waals surface area contributed by atoms with Crippen LogP contribution in [0, 0.1) is 0 Å². The fraction of sp³-hybridized carbons (Fsp3) is 0.400. The van der Waals surface area contributed by atoms with Gasteiger partial charge in [0.05, 0.1) is 14.2 Å². The topological polar surface area (TPSA) is 44.5 Å². The second-order valence-electron chi connectivity index (χ2n) is 2.93. The van der Waals surface area contributed by atoms with Gasteiger partial charge in [-0.05, 0) is 24.6 Å². The van der Waals surface area contributed by atoms with Gasteiger partial charge >= 0.3 is 0 Å². The number of nitrogens with two attached hydrogens (primary N) is 1. The van der Waals surface area contributed by atoms with E-state index in [0.29, 0.717) is 0 Å². The van der Waals surface area contributed by atoms with Crippen LogP contribution in [0.1, 0.15) is 18.5 Å². The van der Waals surface area contributed by atoms with Gasteiger partial charge in [0.25, 0.3) is 0 Å². The zero-order valence-corrected chi connectivity index (χ0v) is 9.43. The lowest BCUT2D eigenvalue weighted by molar-refractivity contribution is 0.393. The van der Waals surface area contributed by atoms with Gasteiger partial charge in [-0.15, -0.1) is 12.4 Å². The van der Waals surface area contributed by atoms with Crippen molar-refractivity contribution in [2.75, 3.05) is 14.2 Å². The predicted molar refractivity (Wildman–Crippen MR) is 59.4 cm³/mol. The molecule has 0 aliphatic rings. The van der Waals surface area contributed by atoms with Crippen molar-refractivity contribution in [2.24, 2.45) is 5.73 Å². The number of benzene rings is 1. The SMILES string of the molecule is COc1cc(OC)cc([C@H](C)N)c1.Cl. The van der Waals surface area contributed by atoms with E-state index >= 15 is 0 Å². The fourth-order valence-electron chi connectivity index (χ4n) is 1.09. The number of rotatable bonds is 3. The van der Waals surface area contributed by atoms with Crippen LogP contribution in [0.25, 0.3) is 0 Å². The molecule has 0 unspecified atom stereocenters. The van der Waals surface area contributed by atoms with E-state index in [1.165, 1.54) is 0 Å². The first kappa shape index (κ1) is 13.1. The molecule has 0 spiro atoms. The van der Waals surface area contributed by atoms with E-state index in [1.54, 1.807) is 14.2 Å². The van der Waals surface area contributed by atoms with Crippen LogP contribution in [-0.4, -0.2) is 14.2 Å². The fourth-order valence-corrected chi connectivity index (χ4v) is 1.09. The van der Waals surface area contributed by atoms with Crippen molar-refractivity contribution in [3.8, 4) is 11.5 Å². The van der Waals surface area contributed by atoms with Crippen molar-refractivity contribution in [3.05, 3.63) is 23.8 Å². The highest BCUT2D eigenvalue weighted by Crippen LogP contribution is 2.25. The molecule has 1 aromatic rings. The summed E-state index contributed by atoms with van der Waals surface area (Å²) < 4.78 is 10.2. The largest absolute Gasteiger partial charge is 0.497 e. The van der Waals surface area contributed by atoms with Crippen LogP contribution >= 0.6 is 12.4 Å². The molecule has 1 rings (SSSR count). The molecule has 0 saturated carbocycles. The maximum Gasteiger partial charge on any atom is 0.122 e. The Morgan fingerprint density at radius 1 is 1.07 bits per heavy atom. The van der Waals surface area contributed by atoms with Gasteiger partial charge in [0.15, 0.2) is 0 Å². The lowest BCUT2D eigenvalue weighted by Gasteiger charge is -2.10. The summed E-state index contributed by atoms with van der Waals surface area (Å²) in [5, 5.41) is 0. The summed E-state index contributed by atoms with van der Waals surface area (Å²) in [6, 6.07) is 5.63. The molecule has 0 heterocycles. The van der Waals surface area contributed by atoms with Gasteiger partial charge in [0.2, 0.25) is 0 Å². The summed E-state index contributed by atoms with van der Waals surface area (Å²) in [7, 11) is 3.25. The van der Waals surface area contributed by atoms with Gasteiger partial charge in [-0.25, -0.2) is 0 Å². The number of methoxy groups -OCH3 is 2. The van der Waals surface area contributed by atoms with Crippen LogP contribution < -0.4 is 15.2 Å². The van der Waals surface area contributed by atoms with Crippen LogP contribution in [0.2, 0.25) is 0 Å². The molecule has 0 aromatic heterocycles. The zero-order valence-electron chi connectivity index (χ0n) is 8.61. The van der Waals surface area contributed by atoms with E-state index in [1.807, 2.05) is 25.1 Å². The minimum Gasteiger partial charge on any atom is -0.497 e. The van der Waals surface area contributed by atoms with Crippen molar-refractivity contribution in [1.82, 2.24) is 0 Å². The van der Waals surface area contributed by atoms with E-state index in [-0.39, 0.29) is 18.4 Å². The quantitative estimate of drug-likeness (QED) is 0.844. The highest BCUT2D eigenvalue weighted by molar-refractivity contribution is 5.85. The summed E-state index contributed by atoms with van der Waals surface area (Å²) in [6.45, 7) is 1.92. The molecule has 2 N–H and O–H groups in total. The molecule has 1 atom stereocenters. The second kappa shape index (κ2) is 5.73. The number of ether oxygens (including phenoxy) is 2. The Morgan fingerprint density at radius 3 is 1.79 bits per heavy atom. The van der Waals surface area contributed by atoms with E-state index in [2.05, 4.69) is 0 Å². The molecule has 0 radical (unpaired) electrons. The average molecular weight is 218 g/mol. The Bertz CT molecular complexity index is 267. The van der Waals surface area contributed by atoms with Crippen molar-refractivity contribution in [2.45, 2.75) is 13.0 Å². The van der Waals surface area contributed by atoms with Crippen LogP contribution in [0.4, 0.5) is 0 Å². The molecule has 1 aromatic carbocycles. The summed E-state index contributed by atoms with van der Waals surface area (Å²) in [5.41, 5.74) is 6.76. The third-order valence-electron chi connectivity index (χ3n) is 1.90. The van der Waals surface area contributed by atoms with E-state index in [0.717, 1.165) is 17.1 Å². The Morgan fingerprint density at radius 2 is 1.50 bits per heavy atom. The van der Waals surface area contributed by atoms with Gasteiger partial charge in [0, 0.05) is 12.1 Å². The highest BCUT2D eigenvalue weighted by atomic mass is 35.5. The maximum absolute atomic E-state index is 5.75. The summed E-state index contributed by atoms with van der Waals surface area (Å²) >= 11 is 0. The normalized spacial score (nSPS) is 11.4. The Hall–Kier alpha value is -0.930. The van der Waals surface area contributed by atoms with Crippen molar-refractivity contribution < 1.29 is 9.47 Å². The minimum absolute atomic E-state index is 0. The summed E-state index contributed by atoms with van der Waals surface area (Å²) in [6.07, 6.45) is 0. The van der Waals surface area contributed by atoms with Gasteiger partial charge < -0.3 is 15.2 Å². The molecule has 0 saturated heterocycles. The molecular weight excluding hydrogens is 202 g/mol. The summed E-state index contributed by atoms with van der Waals surface area (Å²) in [4.78, 5) is 0. The van der Waals surface area contributed by atoms with Gasteiger partial charge in [-0.3, -0.25) is 0 Å². The molecule has 0 aliphatic carbocycles. The third kappa shape index (κ3) is 3.09. The van der Waals surface area contributed by atoms with Crippen molar-refractivity contribution >= 4 is 12.4 Å². The molecular formula is C10H16ClNO2. The lowest BCUT2D eigenvalue weighted by atomic mass is 10.1. The Kier molecular flexibility index (Phi) is 5.35. The molecule has 0 amide bonds. The predicted octanol–water partition coefficient (Wildman–Crippen LogP) is 2.15. The number of hydrogen-bond acceptors (Lipinski definition) is 3. The molecule has 4 heteroatoms. The van der Waals surface area contributed by atoms with Crippen molar-refractivity contribution in [1.29, 1.82) is 0 Å². The molecule has 3 nitrogen and oxygen atoms in total. The molecule has 0 fully saturated rings. The molecule has 0 aliphatic heterocycles. The summed E-state index contributed by atoms with van der Waals surface area (Å²) in [5.74, 6) is 1.54. The molecule has 14 heavy (non-hydrogen) atoms. The average Bonchev–Trinajstić information content (AvgIpc) is 2.16. The lowest BCUT2D eigenvalue weighted by Crippen LogP contribution is -2.05. The third-order valence-corrected chi connectivity index (χ3v) is 1.90. The Balaban J connectivity index is 0.00000169. The van der Waals surface area contributed by atoms with Crippen LogP contribution in [0.5, 0.6) is 11.5 Å². The van der Waals surface area contributed by atoms with Crippen LogP contribution in [0.3, 0.4) is 0 Å². The van der Waals surface area contributed by atoms with Gasteiger partial charge in [-0.2, -0.15) is 0 Å².